The van der Waals surface area contributed by atoms with Gasteiger partial charge >= 0.3 is 0 Å². The minimum absolute atomic E-state index is 0.0139. The van der Waals surface area contributed by atoms with Crippen molar-refractivity contribution >= 4 is 0 Å². The van der Waals surface area contributed by atoms with Gasteiger partial charge in [-0.15, -0.1) is 0 Å². The molecule has 0 bridgehead atoms. The van der Waals surface area contributed by atoms with Gasteiger partial charge < -0.3 is 14.2 Å². The molecule has 3 nitrogen and oxygen atoms in total. The molecule has 0 amide bonds. The summed E-state index contributed by atoms with van der Waals surface area (Å²) in [4.78, 5) is 0. The van der Waals surface area contributed by atoms with Crippen LogP contribution in [0.25, 0.3) is 11.1 Å². The first-order chi connectivity index (χ1) is 13.2. The van der Waals surface area contributed by atoms with Gasteiger partial charge in [0.25, 0.3) is 0 Å². The molecular formula is C24H32O3. The van der Waals surface area contributed by atoms with Gasteiger partial charge in [-0.1, -0.05) is 61.9 Å². The Hall–Kier alpha value is -1.84. The van der Waals surface area contributed by atoms with E-state index in [1.54, 1.807) is 0 Å². The van der Waals surface area contributed by atoms with E-state index in [1.807, 2.05) is 12.1 Å². The summed E-state index contributed by atoms with van der Waals surface area (Å²) in [6.45, 7) is 6.63. The minimum atomic E-state index is 0.0139. The van der Waals surface area contributed by atoms with Crippen molar-refractivity contribution in [2.75, 3.05) is 19.8 Å². The molecule has 146 valence electrons. The quantitative estimate of drug-likeness (QED) is 0.346. The van der Waals surface area contributed by atoms with Gasteiger partial charge in [0.1, 0.15) is 11.4 Å². The summed E-state index contributed by atoms with van der Waals surface area (Å²) in [6, 6.07) is 18.7. The zero-order valence-corrected chi connectivity index (χ0v) is 16.7. The van der Waals surface area contributed by atoms with E-state index in [1.165, 1.54) is 18.4 Å². The van der Waals surface area contributed by atoms with Gasteiger partial charge in [-0.2, -0.15) is 0 Å². The lowest BCUT2D eigenvalue weighted by atomic mass is 10.0. The van der Waals surface area contributed by atoms with Crippen LogP contribution in [0.3, 0.4) is 0 Å². The molecule has 0 aliphatic carbocycles. The zero-order chi connectivity index (χ0) is 19.0. The Morgan fingerprint density at radius 1 is 0.889 bits per heavy atom. The molecule has 2 unspecified atom stereocenters. The molecule has 0 N–H and O–H groups in total. The number of epoxide rings is 1. The predicted octanol–water partition coefficient (Wildman–Crippen LogP) is 5.88. The predicted molar refractivity (Wildman–Crippen MR) is 110 cm³/mol. The molecule has 0 spiro atoms. The van der Waals surface area contributed by atoms with Gasteiger partial charge in [0, 0.05) is 12.2 Å². The molecule has 27 heavy (non-hydrogen) atoms. The molecule has 1 fully saturated rings. The molecule has 0 radical (unpaired) electrons. The number of ether oxygens (including phenoxy) is 3. The third-order valence-corrected chi connectivity index (χ3v) is 5.45. The van der Waals surface area contributed by atoms with Crippen molar-refractivity contribution in [1.29, 1.82) is 0 Å². The Balaban J connectivity index is 1.29. The molecule has 2 atom stereocenters. The Labute approximate surface area is 163 Å². The van der Waals surface area contributed by atoms with E-state index in [0.29, 0.717) is 6.10 Å². The lowest BCUT2D eigenvalue weighted by molar-refractivity contribution is 0.0741. The van der Waals surface area contributed by atoms with E-state index >= 15 is 0 Å². The number of benzene rings is 2. The first-order valence-electron chi connectivity index (χ1n) is 10.3. The third kappa shape index (κ3) is 5.57. The van der Waals surface area contributed by atoms with Crippen LogP contribution >= 0.6 is 0 Å². The second-order valence-electron chi connectivity index (χ2n) is 7.36. The molecule has 3 rings (SSSR count). The van der Waals surface area contributed by atoms with Crippen LogP contribution in [0.15, 0.2) is 54.6 Å². The molecule has 3 heteroatoms. The molecule has 2 aromatic carbocycles. The SMILES string of the molecule is CCC1(COCCCCCCOc2ccccc2-c2ccccc2)OC1C. The monoisotopic (exact) mass is 368 g/mol. The molecule has 0 aromatic heterocycles. The van der Waals surface area contributed by atoms with Crippen LogP contribution in [0.5, 0.6) is 5.75 Å². The van der Waals surface area contributed by atoms with E-state index in [0.717, 1.165) is 50.4 Å². The Bertz CT molecular complexity index is 681. The average Bonchev–Trinajstić information content (AvgIpc) is 3.37. The Kier molecular flexibility index (Phi) is 7.31. The van der Waals surface area contributed by atoms with Crippen LogP contribution in [-0.4, -0.2) is 31.5 Å². The molecule has 1 saturated heterocycles. The van der Waals surface area contributed by atoms with Gasteiger partial charge in [0.15, 0.2) is 0 Å². The first-order valence-corrected chi connectivity index (χ1v) is 10.3. The highest BCUT2D eigenvalue weighted by Crippen LogP contribution is 2.39. The number of rotatable bonds is 12. The maximum atomic E-state index is 6.05. The van der Waals surface area contributed by atoms with Crippen molar-refractivity contribution in [3.63, 3.8) is 0 Å². The fourth-order valence-corrected chi connectivity index (χ4v) is 3.48. The molecule has 1 aliphatic rings. The zero-order valence-electron chi connectivity index (χ0n) is 16.7. The summed E-state index contributed by atoms with van der Waals surface area (Å²) >= 11 is 0. The average molecular weight is 369 g/mol. The Morgan fingerprint density at radius 3 is 2.26 bits per heavy atom. The van der Waals surface area contributed by atoms with Crippen LogP contribution in [0, 0.1) is 0 Å². The maximum absolute atomic E-state index is 6.05. The highest BCUT2D eigenvalue weighted by atomic mass is 16.6. The number of para-hydroxylation sites is 1. The third-order valence-electron chi connectivity index (χ3n) is 5.45. The van der Waals surface area contributed by atoms with Crippen LogP contribution in [-0.2, 0) is 9.47 Å². The Morgan fingerprint density at radius 2 is 1.56 bits per heavy atom. The van der Waals surface area contributed by atoms with Gasteiger partial charge in [0.05, 0.1) is 19.3 Å². The molecule has 0 saturated carbocycles. The summed E-state index contributed by atoms with van der Waals surface area (Å²) in [5, 5.41) is 0. The van der Waals surface area contributed by atoms with Crippen molar-refractivity contribution in [1.82, 2.24) is 0 Å². The van der Waals surface area contributed by atoms with Gasteiger partial charge in [-0.05, 0) is 44.2 Å². The maximum Gasteiger partial charge on any atom is 0.127 e. The lowest BCUT2D eigenvalue weighted by Gasteiger charge is -2.12. The van der Waals surface area contributed by atoms with Crippen LogP contribution in [0.2, 0.25) is 0 Å². The van der Waals surface area contributed by atoms with Gasteiger partial charge in [0.2, 0.25) is 0 Å². The normalized spacial score (nSPS) is 21.2. The van der Waals surface area contributed by atoms with Gasteiger partial charge in [-0.25, -0.2) is 0 Å². The van der Waals surface area contributed by atoms with E-state index in [-0.39, 0.29) is 5.60 Å². The van der Waals surface area contributed by atoms with Crippen molar-refractivity contribution in [2.45, 2.75) is 57.7 Å². The first kappa shape index (κ1) is 19.9. The molecule has 1 heterocycles. The van der Waals surface area contributed by atoms with E-state index in [9.17, 15) is 0 Å². The smallest absolute Gasteiger partial charge is 0.127 e. The van der Waals surface area contributed by atoms with Crippen LogP contribution in [0.1, 0.15) is 46.0 Å². The summed E-state index contributed by atoms with van der Waals surface area (Å²) in [5.74, 6) is 0.968. The highest BCUT2D eigenvalue weighted by molar-refractivity contribution is 5.70. The molecular weight excluding hydrogens is 336 g/mol. The standard InChI is InChI=1S/C24H32O3/c1-3-24(20(2)27-24)19-25-17-11-4-5-12-18-26-23-16-10-9-15-22(23)21-13-7-6-8-14-21/h6-10,13-16,20H,3-5,11-12,17-19H2,1-2H3. The van der Waals surface area contributed by atoms with Crippen LogP contribution < -0.4 is 4.74 Å². The van der Waals surface area contributed by atoms with E-state index in [4.69, 9.17) is 14.2 Å². The van der Waals surface area contributed by atoms with Gasteiger partial charge in [-0.3, -0.25) is 0 Å². The van der Waals surface area contributed by atoms with Crippen molar-refractivity contribution in [3.05, 3.63) is 54.6 Å². The summed E-state index contributed by atoms with van der Waals surface area (Å²) in [5.41, 5.74) is 2.37. The topological polar surface area (TPSA) is 31.0 Å². The highest BCUT2D eigenvalue weighted by Gasteiger charge is 2.51. The second kappa shape index (κ2) is 9.91. The number of hydrogen-bond acceptors (Lipinski definition) is 3. The van der Waals surface area contributed by atoms with Crippen molar-refractivity contribution in [3.8, 4) is 16.9 Å². The molecule has 1 aliphatic heterocycles. The number of unbranched alkanes of at least 4 members (excludes halogenated alkanes) is 3. The fourth-order valence-electron chi connectivity index (χ4n) is 3.48. The summed E-state index contributed by atoms with van der Waals surface area (Å²) in [7, 11) is 0. The van der Waals surface area contributed by atoms with Crippen molar-refractivity contribution < 1.29 is 14.2 Å². The summed E-state index contributed by atoms with van der Waals surface area (Å²) < 4.78 is 17.5. The molecule has 2 aromatic rings. The van der Waals surface area contributed by atoms with E-state index in [2.05, 4.69) is 56.3 Å². The second-order valence-corrected chi connectivity index (χ2v) is 7.36. The van der Waals surface area contributed by atoms with Crippen LogP contribution in [0.4, 0.5) is 0 Å². The van der Waals surface area contributed by atoms with E-state index < -0.39 is 0 Å². The van der Waals surface area contributed by atoms with Crippen molar-refractivity contribution in [2.24, 2.45) is 0 Å². The summed E-state index contributed by atoms with van der Waals surface area (Å²) in [6.07, 6.45) is 5.92. The lowest BCUT2D eigenvalue weighted by Crippen LogP contribution is -2.21. The minimum Gasteiger partial charge on any atom is -0.493 e. The fraction of sp³-hybridized carbons (Fsp3) is 0.500. The number of hydrogen-bond donors (Lipinski definition) is 0. The largest absolute Gasteiger partial charge is 0.493 e.